The van der Waals surface area contributed by atoms with Gasteiger partial charge in [-0.05, 0) is 339 Å². The molecule has 12 rings (SSSR count). The molecule has 684 valence electrons. The van der Waals surface area contributed by atoms with Gasteiger partial charge in [-0.2, -0.15) is 0 Å². The van der Waals surface area contributed by atoms with Gasteiger partial charge in [-0.15, -0.1) is 0 Å². The topological polar surface area (TPSA) is 289 Å². The normalized spacial score (nSPS) is 20.8. The number of ketones is 5. The van der Waals surface area contributed by atoms with E-state index in [0.717, 1.165) is 249 Å². The molecule has 23 heteroatoms. The van der Waals surface area contributed by atoms with Gasteiger partial charge in [0.15, 0.2) is 5.78 Å². The van der Waals surface area contributed by atoms with Crippen molar-refractivity contribution in [2.75, 3.05) is 131 Å². The van der Waals surface area contributed by atoms with Crippen molar-refractivity contribution in [1.29, 1.82) is 0 Å². The van der Waals surface area contributed by atoms with E-state index in [4.69, 9.17) is 26.7 Å². The summed E-state index contributed by atoms with van der Waals surface area (Å²) in [6, 6.07) is 31.5. The molecule has 0 amide bonds. The van der Waals surface area contributed by atoms with E-state index < -0.39 is 12.1 Å². The highest BCUT2D eigenvalue weighted by atomic mass is 16.5. The number of hydrogen-bond donors (Lipinski definition) is 4. The molecular formula is C100H161N15O8. The highest BCUT2D eigenvalue weighted by Crippen LogP contribution is 2.45. The number of morpholine rings is 2. The number of likely N-dealkylation sites (tertiary alicyclic amines) is 5. The lowest BCUT2D eigenvalue weighted by Gasteiger charge is -2.43. The molecule has 0 aliphatic carbocycles. The number of aliphatic hydroxyl groups excluding tert-OH is 1. The van der Waals surface area contributed by atoms with Crippen molar-refractivity contribution in [1.82, 2.24) is 59.2 Å². The van der Waals surface area contributed by atoms with Crippen LogP contribution in [-0.2, 0) is 65.6 Å². The summed E-state index contributed by atoms with van der Waals surface area (Å²) in [6.07, 6.45) is 26.8. The third-order valence-electron chi connectivity index (χ3n) is 28.0. The van der Waals surface area contributed by atoms with Crippen LogP contribution in [0.15, 0.2) is 122 Å². The quantitative estimate of drug-likeness (QED) is 0.0293. The van der Waals surface area contributed by atoms with E-state index in [1.165, 1.54) is 0 Å². The van der Waals surface area contributed by atoms with E-state index >= 15 is 0 Å². The number of rotatable bonds is 35. The van der Waals surface area contributed by atoms with Gasteiger partial charge in [-0.3, -0.25) is 58.7 Å². The second-order valence-electron chi connectivity index (χ2n) is 39.4. The van der Waals surface area contributed by atoms with Crippen molar-refractivity contribution in [3.63, 3.8) is 0 Å². The Hall–Kier alpha value is -6.42. The smallest absolute Gasteiger partial charge is 0.152 e. The standard InChI is InChI=1S/C22H35N3O2.C21H33N3O2.C20H33N3O.C19H31N3O2.C18H29N3O/c1-19(2)25-11-7-22(8-12-25,17-20-5-3-4-9-23-20)18-21(26)6-10-24-13-15-27-16-14-24;1-18(2)24-9-6-21(7-10-24,15-19-5-3-4-8-22-19)16-20(25)17-23-11-13-26-14-12-23;1-15(2)19(21)18(24)14-20(13-17-7-5-6-10-22-17)8-11-23(12-9-20)16(3)4;1-14(2)22-10-7-19(8-11-22,12-16-6-4-5-9-21-16)13-17(24)18(20)15(3)23;1-14(2)21-10-7-18(8-11-21,13-17(22)15(3)19)12-16-6-4-5-9-20-16/h3-5,9,19H,6-8,10-18H2,1-2H3;3-5,8,18H,6-7,9-17H2,1-2H3;5-7,10,15-16,19H,8-9,11-14,21H2,1-4H3;4-6,9,14-15,18,23H,7-8,10-13,20H2,1-3H3;4-6,9,14-15H,7-8,10-13,19H2,1-3H3. The van der Waals surface area contributed by atoms with Gasteiger partial charge < -0.3 is 56.3 Å². The average molecular weight is 1700 g/mol. The van der Waals surface area contributed by atoms with Crippen LogP contribution < -0.4 is 17.2 Å². The van der Waals surface area contributed by atoms with Gasteiger partial charge in [0.25, 0.3) is 0 Å². The van der Waals surface area contributed by atoms with Crippen LogP contribution in [0.2, 0.25) is 0 Å². The van der Waals surface area contributed by atoms with Crippen LogP contribution in [0.5, 0.6) is 0 Å². The number of aliphatic hydroxyl groups is 1. The first-order chi connectivity index (χ1) is 58.7. The molecule has 123 heavy (non-hydrogen) atoms. The molecule has 5 aromatic heterocycles. The van der Waals surface area contributed by atoms with Crippen LogP contribution in [-0.4, -0.2) is 279 Å². The minimum Gasteiger partial charge on any atom is -0.391 e. The van der Waals surface area contributed by atoms with E-state index in [-0.39, 0.29) is 62.4 Å². The molecule has 0 radical (unpaired) electrons. The van der Waals surface area contributed by atoms with Gasteiger partial charge >= 0.3 is 0 Å². The van der Waals surface area contributed by atoms with E-state index in [1.54, 1.807) is 20.0 Å². The third kappa shape index (κ3) is 34.3. The zero-order chi connectivity index (χ0) is 89.2. The highest BCUT2D eigenvalue weighted by molar-refractivity contribution is 5.86. The zero-order valence-corrected chi connectivity index (χ0v) is 78.2. The minimum atomic E-state index is -0.805. The van der Waals surface area contributed by atoms with Crippen molar-refractivity contribution in [3.05, 3.63) is 150 Å². The fourth-order valence-electron chi connectivity index (χ4n) is 19.3. The Balaban J connectivity index is 0.000000191. The molecule has 7 aliphatic rings. The Labute approximate surface area is 740 Å². The fraction of sp³-hybridized carbons (Fsp3) is 0.700. The van der Waals surface area contributed by atoms with Gasteiger partial charge in [0.2, 0.25) is 0 Å². The van der Waals surface area contributed by atoms with Crippen LogP contribution in [0.25, 0.3) is 0 Å². The number of carbonyl (C=O) groups excluding carboxylic acids is 5. The SMILES string of the molecule is CC(C)C(N)C(=O)CC1(Cc2ccccn2)CCN(C(C)C)CC1.CC(C)N1CCC(CC(=O)CCN2CCOCC2)(Cc2ccccn2)CC1.CC(C)N1CCC(CC(=O)CN2CCOCC2)(Cc2ccccn2)CC1.CC(N)C(=O)CC1(Cc2ccccn2)CCN(C(C)C)CC1.CC(O)C(N)C(=O)CC1(Cc2ccccn2)CCN(C(C)C)CC1. The monoisotopic (exact) mass is 1700 g/mol. The molecule has 4 unspecified atom stereocenters. The lowest BCUT2D eigenvalue weighted by Crippen LogP contribution is -2.48. The van der Waals surface area contributed by atoms with E-state index in [0.29, 0.717) is 86.8 Å². The number of Topliss-reactive ketones (excluding diaryl/α,β-unsaturated/α-hetero) is 5. The third-order valence-corrected chi connectivity index (χ3v) is 28.0. The Morgan fingerprint density at radius 1 is 0.341 bits per heavy atom. The fourth-order valence-corrected chi connectivity index (χ4v) is 19.3. The van der Waals surface area contributed by atoms with Gasteiger partial charge in [0.1, 0.15) is 23.1 Å². The number of ether oxygens (including phenoxy) is 2. The number of carbonyl (C=O) groups is 5. The maximum absolute atomic E-state index is 12.9. The summed E-state index contributed by atoms with van der Waals surface area (Å²) in [7, 11) is 0. The first kappa shape index (κ1) is 102. The van der Waals surface area contributed by atoms with Crippen molar-refractivity contribution in [3.8, 4) is 0 Å². The summed E-state index contributed by atoms with van der Waals surface area (Å²) in [6.45, 7) is 48.5. The van der Waals surface area contributed by atoms with E-state index in [9.17, 15) is 29.1 Å². The number of aromatic nitrogens is 5. The van der Waals surface area contributed by atoms with Crippen molar-refractivity contribution < 1.29 is 38.6 Å². The number of pyridine rings is 5. The summed E-state index contributed by atoms with van der Waals surface area (Å²) in [5, 5.41) is 9.64. The Morgan fingerprint density at radius 2 is 0.593 bits per heavy atom. The Kier molecular flexibility index (Phi) is 42.2. The van der Waals surface area contributed by atoms with Gasteiger partial charge in [0.05, 0.1) is 57.2 Å². The molecule has 7 fully saturated rings. The van der Waals surface area contributed by atoms with Crippen LogP contribution >= 0.6 is 0 Å². The van der Waals surface area contributed by atoms with Crippen LogP contribution in [0.3, 0.4) is 0 Å². The molecule has 0 spiro atoms. The number of nitrogens with two attached hydrogens (primary N) is 3. The number of piperidine rings is 5. The van der Waals surface area contributed by atoms with Gasteiger partial charge in [0, 0.05) is 161 Å². The molecule has 0 saturated carbocycles. The zero-order valence-electron chi connectivity index (χ0n) is 78.2. The lowest BCUT2D eigenvalue weighted by atomic mass is 9.70. The summed E-state index contributed by atoms with van der Waals surface area (Å²) in [4.78, 5) is 103. The molecule has 4 atom stereocenters. The summed E-state index contributed by atoms with van der Waals surface area (Å²) in [5.41, 5.74) is 23.3. The van der Waals surface area contributed by atoms with E-state index in [2.05, 4.69) is 165 Å². The number of nitrogens with zero attached hydrogens (tertiary/aromatic N) is 12. The average Bonchev–Trinajstić information content (AvgIpc) is 0.816. The molecule has 7 N–H and O–H groups in total. The summed E-state index contributed by atoms with van der Waals surface area (Å²) in [5.74, 6) is 1.32. The number of hydrogen-bond acceptors (Lipinski definition) is 23. The van der Waals surface area contributed by atoms with Crippen LogP contribution in [0.1, 0.15) is 228 Å². The Bertz CT molecular complexity index is 3710. The molecule has 5 aromatic rings. The predicted molar refractivity (Wildman–Crippen MR) is 495 cm³/mol. The molecule has 23 nitrogen and oxygen atoms in total. The Morgan fingerprint density at radius 3 is 0.837 bits per heavy atom. The minimum absolute atomic E-state index is 0.00331. The molecule has 12 heterocycles. The first-order valence-electron chi connectivity index (χ1n) is 47.1. The molecular weight excluding hydrogens is 1540 g/mol. The van der Waals surface area contributed by atoms with Crippen LogP contribution in [0.4, 0.5) is 0 Å². The first-order valence-corrected chi connectivity index (χ1v) is 47.1. The maximum atomic E-state index is 12.9. The molecule has 0 bridgehead atoms. The van der Waals surface area contributed by atoms with Crippen molar-refractivity contribution in [2.24, 2.45) is 50.2 Å². The molecule has 7 aliphatic heterocycles. The molecule has 0 aromatic carbocycles. The maximum Gasteiger partial charge on any atom is 0.152 e. The van der Waals surface area contributed by atoms with Crippen LogP contribution in [0, 0.1) is 33.0 Å². The lowest BCUT2D eigenvalue weighted by molar-refractivity contribution is -0.126. The largest absolute Gasteiger partial charge is 0.391 e. The second kappa shape index (κ2) is 50.9. The van der Waals surface area contributed by atoms with Gasteiger partial charge in [-0.1, -0.05) is 44.2 Å². The summed E-state index contributed by atoms with van der Waals surface area (Å²) >= 11 is 0. The van der Waals surface area contributed by atoms with Crippen molar-refractivity contribution in [2.45, 2.75) is 286 Å². The highest BCUT2D eigenvalue weighted by Gasteiger charge is 2.44. The van der Waals surface area contributed by atoms with Crippen molar-refractivity contribution >= 4 is 28.9 Å². The second-order valence-corrected chi connectivity index (χ2v) is 39.4. The summed E-state index contributed by atoms with van der Waals surface area (Å²) < 4.78 is 10.8. The molecule has 7 saturated heterocycles. The predicted octanol–water partition coefficient (Wildman–Crippen LogP) is 12.5. The van der Waals surface area contributed by atoms with Gasteiger partial charge in [-0.25, -0.2) is 0 Å². The van der Waals surface area contributed by atoms with E-state index in [1.807, 2.05) is 93.2 Å².